The maximum absolute atomic E-state index is 12.8. The van der Waals surface area contributed by atoms with Gasteiger partial charge in [-0.1, -0.05) is 36.0 Å². The molecule has 0 unspecified atom stereocenters. The Hall–Kier alpha value is -1.90. The number of carbonyl (C=O) groups is 1. The van der Waals surface area contributed by atoms with Crippen molar-refractivity contribution in [2.45, 2.75) is 60.2 Å². The lowest BCUT2D eigenvalue weighted by Crippen LogP contribution is -2.35. The summed E-state index contributed by atoms with van der Waals surface area (Å²) in [5, 5.41) is 3.49. The van der Waals surface area contributed by atoms with E-state index >= 15 is 0 Å². The fourth-order valence-electron chi connectivity index (χ4n) is 4.09. The fraction of sp³-hybridized carbons (Fsp3) is 0.455. The molecule has 160 valence electrons. The number of benzene rings is 1. The van der Waals surface area contributed by atoms with E-state index in [4.69, 9.17) is 0 Å². The smallest absolute Gasteiger partial charge is 0.244 e. The Balaban J connectivity index is 1.38. The standard InChI is InChI=1S/C22H27N3O3S2/c1-16(22(26)24-20-10-6-8-17-7-2-3-9-19(17)20)29-21-12-11-18(15-23-21)30(27,28)25-13-4-5-14-25/h2-3,7,9,11-12,15-16,20H,4-6,8,10,13-14H2,1H3,(H,24,26)/t16-,20-/m0/s1. The number of thioether (sulfide) groups is 1. The highest BCUT2D eigenvalue weighted by Crippen LogP contribution is 2.30. The first-order valence-corrected chi connectivity index (χ1v) is 12.8. The zero-order valence-corrected chi connectivity index (χ0v) is 18.7. The van der Waals surface area contributed by atoms with E-state index in [9.17, 15) is 13.2 Å². The maximum atomic E-state index is 12.8. The van der Waals surface area contributed by atoms with Gasteiger partial charge in [0.15, 0.2) is 0 Å². The summed E-state index contributed by atoms with van der Waals surface area (Å²) in [6, 6.07) is 11.6. The fourth-order valence-corrected chi connectivity index (χ4v) is 6.35. The Kier molecular flexibility index (Phi) is 6.46. The topological polar surface area (TPSA) is 79.4 Å². The van der Waals surface area contributed by atoms with Crippen LogP contribution in [-0.2, 0) is 21.2 Å². The minimum absolute atomic E-state index is 0.0303. The number of rotatable bonds is 6. The highest BCUT2D eigenvalue weighted by atomic mass is 32.2. The molecule has 1 amide bonds. The maximum Gasteiger partial charge on any atom is 0.244 e. The van der Waals surface area contributed by atoms with Crippen LogP contribution in [0.5, 0.6) is 0 Å². The number of amides is 1. The van der Waals surface area contributed by atoms with Crippen LogP contribution in [-0.4, -0.2) is 42.0 Å². The second-order valence-corrected chi connectivity index (χ2v) is 11.2. The third-order valence-corrected chi connectivity index (χ3v) is 8.70. The molecule has 0 bridgehead atoms. The Morgan fingerprint density at radius 1 is 1.17 bits per heavy atom. The first-order chi connectivity index (χ1) is 14.4. The van der Waals surface area contributed by atoms with E-state index in [0.29, 0.717) is 18.1 Å². The second kappa shape index (κ2) is 9.08. The summed E-state index contributed by atoms with van der Waals surface area (Å²) in [6.45, 7) is 2.99. The molecule has 1 saturated heterocycles. The molecule has 2 aliphatic rings. The van der Waals surface area contributed by atoms with Gasteiger partial charge in [0, 0.05) is 19.3 Å². The molecule has 4 rings (SSSR count). The molecular formula is C22H27N3O3S2. The summed E-state index contributed by atoms with van der Waals surface area (Å²) in [6.07, 6.45) is 6.28. The molecule has 6 nitrogen and oxygen atoms in total. The number of fused-ring (bicyclic) bond motifs is 1. The van der Waals surface area contributed by atoms with Crippen LogP contribution in [0.2, 0.25) is 0 Å². The lowest BCUT2D eigenvalue weighted by atomic mass is 9.88. The molecule has 2 aromatic rings. The Bertz CT molecular complexity index is 1000. The van der Waals surface area contributed by atoms with E-state index in [2.05, 4.69) is 22.4 Å². The summed E-state index contributed by atoms with van der Waals surface area (Å²) in [4.78, 5) is 17.3. The number of hydrogen-bond donors (Lipinski definition) is 1. The number of sulfonamides is 1. The van der Waals surface area contributed by atoms with Crippen molar-refractivity contribution in [2.24, 2.45) is 0 Å². The summed E-state index contributed by atoms with van der Waals surface area (Å²) in [7, 11) is -3.47. The van der Waals surface area contributed by atoms with Crippen LogP contribution < -0.4 is 5.32 Å². The second-order valence-electron chi connectivity index (χ2n) is 7.86. The number of aromatic nitrogens is 1. The van der Waals surface area contributed by atoms with E-state index in [1.165, 1.54) is 33.4 Å². The van der Waals surface area contributed by atoms with Gasteiger partial charge >= 0.3 is 0 Å². The number of nitrogens with one attached hydrogen (secondary N) is 1. The van der Waals surface area contributed by atoms with Gasteiger partial charge in [0.05, 0.1) is 16.3 Å². The Labute approximate surface area is 182 Å². The summed E-state index contributed by atoms with van der Waals surface area (Å²) < 4.78 is 26.7. The van der Waals surface area contributed by atoms with Gasteiger partial charge in [0.25, 0.3) is 0 Å². The summed E-state index contributed by atoms with van der Waals surface area (Å²) >= 11 is 1.34. The molecule has 1 aromatic heterocycles. The molecule has 2 atom stereocenters. The van der Waals surface area contributed by atoms with E-state index in [-0.39, 0.29) is 22.1 Å². The quantitative estimate of drug-likeness (QED) is 0.688. The molecule has 0 radical (unpaired) electrons. The van der Waals surface area contributed by atoms with Crippen LogP contribution in [0.4, 0.5) is 0 Å². The molecule has 1 aromatic carbocycles. The van der Waals surface area contributed by atoms with E-state index in [1.807, 2.05) is 19.1 Å². The lowest BCUT2D eigenvalue weighted by molar-refractivity contribution is -0.121. The zero-order valence-electron chi connectivity index (χ0n) is 17.1. The van der Waals surface area contributed by atoms with E-state index in [0.717, 1.165) is 32.1 Å². The van der Waals surface area contributed by atoms with Crippen LogP contribution in [0.25, 0.3) is 0 Å². The van der Waals surface area contributed by atoms with Gasteiger partial charge in [-0.2, -0.15) is 4.31 Å². The van der Waals surface area contributed by atoms with Gasteiger partial charge in [0.2, 0.25) is 15.9 Å². The van der Waals surface area contributed by atoms with E-state index < -0.39 is 10.0 Å². The average molecular weight is 446 g/mol. The van der Waals surface area contributed by atoms with Gasteiger partial charge in [-0.15, -0.1) is 0 Å². The number of pyridine rings is 1. The lowest BCUT2D eigenvalue weighted by Gasteiger charge is -2.27. The van der Waals surface area contributed by atoms with Crippen molar-refractivity contribution < 1.29 is 13.2 Å². The molecule has 1 fully saturated rings. The van der Waals surface area contributed by atoms with Crippen LogP contribution in [0.15, 0.2) is 52.5 Å². The minimum Gasteiger partial charge on any atom is -0.348 e. The van der Waals surface area contributed by atoms with Crippen LogP contribution in [0, 0.1) is 0 Å². The first-order valence-electron chi connectivity index (χ1n) is 10.5. The highest BCUT2D eigenvalue weighted by Gasteiger charge is 2.28. The number of aryl methyl sites for hydroxylation is 1. The van der Waals surface area contributed by atoms with Crippen molar-refractivity contribution in [1.29, 1.82) is 0 Å². The monoisotopic (exact) mass is 445 g/mol. The molecule has 1 aliphatic carbocycles. The average Bonchev–Trinajstić information content (AvgIpc) is 3.30. The molecule has 1 aliphatic heterocycles. The molecule has 2 heterocycles. The van der Waals surface area contributed by atoms with E-state index in [1.54, 1.807) is 12.1 Å². The largest absolute Gasteiger partial charge is 0.348 e. The van der Waals surface area contributed by atoms with Crippen molar-refractivity contribution in [2.75, 3.05) is 13.1 Å². The van der Waals surface area contributed by atoms with Gasteiger partial charge in [-0.05, 0) is 62.3 Å². The van der Waals surface area contributed by atoms with Crippen LogP contribution >= 0.6 is 11.8 Å². The molecular weight excluding hydrogens is 418 g/mol. The summed E-state index contributed by atoms with van der Waals surface area (Å²) in [5.74, 6) is -0.0303. The molecule has 1 N–H and O–H groups in total. The molecule has 0 spiro atoms. The third kappa shape index (κ3) is 4.55. The Morgan fingerprint density at radius 2 is 1.93 bits per heavy atom. The number of carbonyl (C=O) groups excluding carboxylic acids is 1. The van der Waals surface area contributed by atoms with Gasteiger partial charge in [-0.3, -0.25) is 4.79 Å². The van der Waals surface area contributed by atoms with Gasteiger partial charge in [-0.25, -0.2) is 13.4 Å². The highest BCUT2D eigenvalue weighted by molar-refractivity contribution is 8.00. The normalized spacial score (nSPS) is 20.5. The van der Waals surface area contributed by atoms with Gasteiger partial charge < -0.3 is 5.32 Å². The van der Waals surface area contributed by atoms with Crippen molar-refractivity contribution in [1.82, 2.24) is 14.6 Å². The van der Waals surface area contributed by atoms with Crippen molar-refractivity contribution in [3.8, 4) is 0 Å². The SMILES string of the molecule is C[C@H](Sc1ccc(S(=O)(=O)N2CCCC2)cn1)C(=O)N[C@H]1CCCc2ccccc21. The molecule has 30 heavy (non-hydrogen) atoms. The first kappa shape index (κ1) is 21.3. The molecule has 0 saturated carbocycles. The number of nitrogens with zero attached hydrogens (tertiary/aromatic N) is 2. The van der Waals surface area contributed by atoms with Crippen LogP contribution in [0.3, 0.4) is 0 Å². The zero-order chi connectivity index (χ0) is 21.1. The number of hydrogen-bond acceptors (Lipinski definition) is 5. The Morgan fingerprint density at radius 3 is 2.67 bits per heavy atom. The van der Waals surface area contributed by atoms with Gasteiger partial charge in [0.1, 0.15) is 4.90 Å². The summed E-state index contributed by atoms with van der Waals surface area (Å²) in [5.41, 5.74) is 2.52. The predicted octanol–water partition coefficient (Wildman–Crippen LogP) is 3.54. The van der Waals surface area contributed by atoms with Crippen LogP contribution in [0.1, 0.15) is 49.8 Å². The van der Waals surface area contributed by atoms with Crippen molar-refractivity contribution in [3.05, 3.63) is 53.7 Å². The van der Waals surface area contributed by atoms with Crippen molar-refractivity contribution in [3.63, 3.8) is 0 Å². The molecule has 8 heteroatoms. The predicted molar refractivity (Wildman–Crippen MR) is 118 cm³/mol. The third-order valence-electron chi connectivity index (χ3n) is 5.76. The minimum atomic E-state index is -3.47. The van der Waals surface area contributed by atoms with Crippen molar-refractivity contribution >= 4 is 27.7 Å².